The van der Waals surface area contributed by atoms with E-state index in [2.05, 4.69) is 27.0 Å². The van der Waals surface area contributed by atoms with E-state index in [1.54, 1.807) is 7.11 Å². The zero-order valence-corrected chi connectivity index (χ0v) is 12.6. The van der Waals surface area contributed by atoms with Crippen LogP contribution in [0.3, 0.4) is 0 Å². The van der Waals surface area contributed by atoms with Crippen LogP contribution in [0.25, 0.3) is 0 Å². The van der Waals surface area contributed by atoms with Gasteiger partial charge < -0.3 is 25.2 Å². The molecule has 1 aliphatic rings. The number of methoxy groups -OCH3 is 1. The number of ether oxygens (including phenoxy) is 1. The van der Waals surface area contributed by atoms with E-state index in [4.69, 9.17) is 4.74 Å². The highest BCUT2D eigenvalue weighted by molar-refractivity contribution is 4.78. The van der Waals surface area contributed by atoms with Crippen molar-refractivity contribution in [2.45, 2.75) is 12.8 Å². The van der Waals surface area contributed by atoms with Gasteiger partial charge in [-0.3, -0.25) is 0 Å². The molecule has 5 nitrogen and oxygen atoms in total. The highest BCUT2D eigenvalue weighted by atomic mass is 16.5. The van der Waals surface area contributed by atoms with Gasteiger partial charge in [-0.05, 0) is 46.1 Å². The van der Waals surface area contributed by atoms with E-state index < -0.39 is 0 Å². The Balaban J connectivity index is 1.99. The Kier molecular flexibility index (Phi) is 8.62. The van der Waals surface area contributed by atoms with Crippen LogP contribution in [0.4, 0.5) is 0 Å². The first-order chi connectivity index (χ1) is 9.26. The largest absolute Gasteiger partial charge is 0.483 e. The lowest BCUT2D eigenvalue weighted by Crippen LogP contribution is -2.47. The lowest BCUT2D eigenvalue weighted by molar-refractivity contribution is 0.130. The van der Waals surface area contributed by atoms with E-state index in [0.717, 1.165) is 26.1 Å². The van der Waals surface area contributed by atoms with Gasteiger partial charge >= 0.3 is 0 Å². The van der Waals surface area contributed by atoms with Crippen LogP contribution in [-0.2, 0) is 4.74 Å². The van der Waals surface area contributed by atoms with Crippen molar-refractivity contribution in [1.82, 2.24) is 20.4 Å². The minimum atomic E-state index is 0.661. The average Bonchev–Trinajstić information content (AvgIpc) is 2.45. The molecule has 0 atom stereocenters. The van der Waals surface area contributed by atoms with Crippen molar-refractivity contribution in [3.05, 3.63) is 12.5 Å². The predicted octanol–water partition coefficient (Wildman–Crippen LogP) is 0.311. The SMILES string of the molecule is C=C(NCCCN1CCN(CCCNC)CC1)OC. The van der Waals surface area contributed by atoms with E-state index in [9.17, 15) is 0 Å². The van der Waals surface area contributed by atoms with Gasteiger partial charge in [-0.15, -0.1) is 0 Å². The van der Waals surface area contributed by atoms with E-state index in [1.807, 2.05) is 7.05 Å². The molecule has 5 heteroatoms. The zero-order chi connectivity index (χ0) is 13.9. The molecule has 0 amide bonds. The highest BCUT2D eigenvalue weighted by Crippen LogP contribution is 2.03. The van der Waals surface area contributed by atoms with Crippen LogP contribution in [-0.4, -0.2) is 76.3 Å². The third-order valence-electron chi connectivity index (χ3n) is 3.59. The van der Waals surface area contributed by atoms with Crippen molar-refractivity contribution in [3.8, 4) is 0 Å². The Morgan fingerprint density at radius 1 is 1.05 bits per heavy atom. The summed E-state index contributed by atoms with van der Waals surface area (Å²) >= 11 is 0. The van der Waals surface area contributed by atoms with Crippen molar-refractivity contribution in [1.29, 1.82) is 0 Å². The molecule has 1 aliphatic heterocycles. The van der Waals surface area contributed by atoms with Crippen molar-refractivity contribution >= 4 is 0 Å². The number of nitrogens with zero attached hydrogens (tertiary/aromatic N) is 2. The van der Waals surface area contributed by atoms with Crippen molar-refractivity contribution < 1.29 is 4.74 Å². The fourth-order valence-corrected chi connectivity index (χ4v) is 2.32. The van der Waals surface area contributed by atoms with Gasteiger partial charge in [-0.25, -0.2) is 0 Å². The van der Waals surface area contributed by atoms with Gasteiger partial charge in [-0.2, -0.15) is 0 Å². The minimum absolute atomic E-state index is 0.661. The van der Waals surface area contributed by atoms with E-state index in [1.165, 1.54) is 39.1 Å². The van der Waals surface area contributed by atoms with Crippen LogP contribution in [0.2, 0.25) is 0 Å². The molecule has 112 valence electrons. The second-order valence-corrected chi connectivity index (χ2v) is 5.05. The summed E-state index contributed by atoms with van der Waals surface area (Å²) in [5.41, 5.74) is 0. The summed E-state index contributed by atoms with van der Waals surface area (Å²) in [6, 6.07) is 0. The molecule has 1 heterocycles. The maximum Gasteiger partial charge on any atom is 0.178 e. The maximum atomic E-state index is 4.97. The van der Waals surface area contributed by atoms with E-state index in [-0.39, 0.29) is 0 Å². The Labute approximate surface area is 118 Å². The molecule has 0 unspecified atom stereocenters. The standard InChI is InChI=1S/C14H30N4O/c1-14(19-3)16-7-5-9-18-12-10-17(11-13-18)8-4-6-15-2/h15-16H,1,4-13H2,2-3H3. The molecular formula is C14H30N4O. The molecule has 0 bridgehead atoms. The average molecular weight is 270 g/mol. The predicted molar refractivity (Wildman–Crippen MR) is 80.2 cm³/mol. The second-order valence-electron chi connectivity index (χ2n) is 5.05. The van der Waals surface area contributed by atoms with Crippen LogP contribution >= 0.6 is 0 Å². The van der Waals surface area contributed by atoms with Crippen LogP contribution in [0.5, 0.6) is 0 Å². The normalized spacial score (nSPS) is 17.4. The molecule has 0 saturated carbocycles. The molecule has 1 saturated heterocycles. The fourth-order valence-electron chi connectivity index (χ4n) is 2.32. The van der Waals surface area contributed by atoms with Crippen LogP contribution in [0.15, 0.2) is 12.5 Å². The third kappa shape index (κ3) is 7.40. The fraction of sp³-hybridized carbons (Fsp3) is 0.857. The number of nitrogens with one attached hydrogen (secondary N) is 2. The summed E-state index contributed by atoms with van der Waals surface area (Å²) in [5.74, 6) is 0.661. The van der Waals surface area contributed by atoms with Gasteiger partial charge in [-0.1, -0.05) is 0 Å². The number of hydrogen-bond acceptors (Lipinski definition) is 5. The maximum absolute atomic E-state index is 4.97. The lowest BCUT2D eigenvalue weighted by Gasteiger charge is -2.34. The number of piperazine rings is 1. The Morgan fingerprint density at radius 3 is 2.05 bits per heavy atom. The Morgan fingerprint density at radius 2 is 1.58 bits per heavy atom. The molecule has 19 heavy (non-hydrogen) atoms. The second kappa shape index (κ2) is 10.1. The number of hydrogen-bond donors (Lipinski definition) is 2. The monoisotopic (exact) mass is 270 g/mol. The van der Waals surface area contributed by atoms with Gasteiger partial charge in [0.05, 0.1) is 7.11 Å². The van der Waals surface area contributed by atoms with E-state index >= 15 is 0 Å². The summed E-state index contributed by atoms with van der Waals surface area (Å²) in [5, 5.41) is 6.36. The quantitative estimate of drug-likeness (QED) is 0.442. The van der Waals surface area contributed by atoms with Gasteiger partial charge in [0, 0.05) is 32.7 Å². The third-order valence-corrected chi connectivity index (χ3v) is 3.59. The van der Waals surface area contributed by atoms with Gasteiger partial charge in [0.25, 0.3) is 0 Å². The summed E-state index contributed by atoms with van der Waals surface area (Å²) in [6.07, 6.45) is 2.39. The lowest BCUT2D eigenvalue weighted by atomic mass is 10.2. The molecule has 1 rings (SSSR count). The molecule has 0 aliphatic carbocycles. The first kappa shape index (κ1) is 16.3. The summed E-state index contributed by atoms with van der Waals surface area (Å²) in [7, 11) is 3.66. The molecule has 1 fully saturated rings. The molecule has 2 N–H and O–H groups in total. The topological polar surface area (TPSA) is 39.8 Å². The van der Waals surface area contributed by atoms with Gasteiger partial charge in [0.1, 0.15) is 0 Å². The van der Waals surface area contributed by atoms with Crippen molar-refractivity contribution in [2.24, 2.45) is 0 Å². The first-order valence-electron chi connectivity index (χ1n) is 7.32. The highest BCUT2D eigenvalue weighted by Gasteiger charge is 2.15. The summed E-state index contributed by atoms with van der Waals surface area (Å²) < 4.78 is 4.97. The van der Waals surface area contributed by atoms with Crippen LogP contribution in [0, 0.1) is 0 Å². The van der Waals surface area contributed by atoms with Crippen LogP contribution < -0.4 is 10.6 Å². The van der Waals surface area contributed by atoms with E-state index in [0.29, 0.717) is 5.88 Å². The van der Waals surface area contributed by atoms with Gasteiger partial charge in [0.15, 0.2) is 5.88 Å². The molecule has 0 aromatic rings. The Bertz CT molecular complexity index is 240. The Hall–Kier alpha value is -0.780. The molecule has 0 aromatic carbocycles. The molecular weight excluding hydrogens is 240 g/mol. The molecule has 0 aromatic heterocycles. The number of rotatable bonds is 10. The molecule has 0 spiro atoms. The van der Waals surface area contributed by atoms with Crippen LogP contribution in [0.1, 0.15) is 12.8 Å². The summed E-state index contributed by atoms with van der Waals surface area (Å²) in [4.78, 5) is 5.12. The molecule has 0 radical (unpaired) electrons. The van der Waals surface area contributed by atoms with Crippen molar-refractivity contribution in [3.63, 3.8) is 0 Å². The minimum Gasteiger partial charge on any atom is -0.483 e. The van der Waals surface area contributed by atoms with Crippen molar-refractivity contribution in [2.75, 3.05) is 66.5 Å². The smallest absolute Gasteiger partial charge is 0.178 e. The zero-order valence-electron chi connectivity index (χ0n) is 12.6. The van der Waals surface area contributed by atoms with Gasteiger partial charge in [0.2, 0.25) is 0 Å². The summed E-state index contributed by atoms with van der Waals surface area (Å²) in [6.45, 7) is 13.0. The first-order valence-corrected chi connectivity index (χ1v) is 7.32.